The van der Waals surface area contributed by atoms with Crippen LogP contribution in [0.4, 0.5) is 5.69 Å². The molecule has 3 heteroatoms. The highest BCUT2D eigenvalue weighted by atomic mass is 79.9. The number of hydrogen-bond donors (Lipinski definition) is 1. The minimum Gasteiger partial charge on any atom is -0.326 e. The van der Waals surface area contributed by atoms with Gasteiger partial charge in [-0.15, -0.1) is 0 Å². The molecule has 0 atom stereocenters. The molecule has 1 aromatic rings. The lowest BCUT2D eigenvalue weighted by atomic mass is 10.2. The molecule has 0 radical (unpaired) electrons. The molecule has 2 nitrogen and oxygen atoms in total. The predicted molar refractivity (Wildman–Crippen MR) is 60.2 cm³/mol. The quantitative estimate of drug-likeness (QED) is 0.863. The summed E-state index contributed by atoms with van der Waals surface area (Å²) in [6, 6.07) is 5.92. The maximum Gasteiger partial charge on any atom is 0.227 e. The lowest BCUT2D eigenvalue weighted by Gasteiger charge is -2.05. The van der Waals surface area contributed by atoms with E-state index in [2.05, 4.69) is 21.2 Å². The Morgan fingerprint density at radius 2 is 2.14 bits per heavy atom. The molecule has 1 aliphatic carbocycles. The summed E-state index contributed by atoms with van der Waals surface area (Å²) >= 11 is 3.40. The number of anilines is 1. The van der Waals surface area contributed by atoms with Crippen molar-refractivity contribution in [3.05, 3.63) is 28.2 Å². The zero-order chi connectivity index (χ0) is 10.1. The van der Waals surface area contributed by atoms with Gasteiger partial charge in [-0.05, 0) is 43.5 Å². The van der Waals surface area contributed by atoms with Gasteiger partial charge in [-0.2, -0.15) is 0 Å². The van der Waals surface area contributed by atoms with E-state index in [0.29, 0.717) is 0 Å². The van der Waals surface area contributed by atoms with Crippen LogP contribution in [-0.2, 0) is 4.79 Å². The minimum atomic E-state index is 0.155. The van der Waals surface area contributed by atoms with Crippen molar-refractivity contribution in [2.24, 2.45) is 5.92 Å². The van der Waals surface area contributed by atoms with Crippen LogP contribution in [0.1, 0.15) is 18.4 Å². The fraction of sp³-hybridized carbons (Fsp3) is 0.364. The summed E-state index contributed by atoms with van der Waals surface area (Å²) in [5.74, 6) is 0.414. The van der Waals surface area contributed by atoms with Crippen LogP contribution in [0, 0.1) is 12.8 Å². The van der Waals surface area contributed by atoms with Crippen molar-refractivity contribution >= 4 is 27.5 Å². The third-order valence-electron chi connectivity index (χ3n) is 2.26. The smallest absolute Gasteiger partial charge is 0.227 e. The van der Waals surface area contributed by atoms with Crippen LogP contribution >= 0.6 is 15.9 Å². The Bertz CT molecular complexity index is 351. The lowest BCUT2D eigenvalue weighted by molar-refractivity contribution is -0.117. The van der Waals surface area contributed by atoms with E-state index < -0.39 is 0 Å². The Hall–Kier alpha value is -0.830. The molecule has 0 heterocycles. The zero-order valence-electron chi connectivity index (χ0n) is 8.01. The second kappa shape index (κ2) is 3.73. The fourth-order valence-electron chi connectivity index (χ4n) is 1.40. The SMILES string of the molecule is Cc1cc(Br)cc(NC(=O)C2CC2)c1. The molecule has 1 N–H and O–H groups in total. The summed E-state index contributed by atoms with van der Waals surface area (Å²) in [6.45, 7) is 2.01. The number of aryl methyl sites for hydroxylation is 1. The van der Waals surface area contributed by atoms with Gasteiger partial charge in [0, 0.05) is 16.1 Å². The number of rotatable bonds is 2. The van der Waals surface area contributed by atoms with Crippen LogP contribution in [0.25, 0.3) is 0 Å². The fourth-order valence-corrected chi connectivity index (χ4v) is 2.01. The van der Waals surface area contributed by atoms with Gasteiger partial charge in [-0.1, -0.05) is 15.9 Å². The molecule has 74 valence electrons. The van der Waals surface area contributed by atoms with Crippen LogP contribution < -0.4 is 5.32 Å². The van der Waals surface area contributed by atoms with Gasteiger partial charge in [0.1, 0.15) is 0 Å². The van der Waals surface area contributed by atoms with E-state index in [1.165, 1.54) is 0 Å². The van der Waals surface area contributed by atoms with Gasteiger partial charge in [0.05, 0.1) is 0 Å². The largest absolute Gasteiger partial charge is 0.326 e. The molecule has 0 bridgehead atoms. The van der Waals surface area contributed by atoms with Crippen LogP contribution in [0.15, 0.2) is 22.7 Å². The van der Waals surface area contributed by atoms with Crippen LogP contribution in [0.3, 0.4) is 0 Å². The van der Waals surface area contributed by atoms with Crippen LogP contribution in [-0.4, -0.2) is 5.91 Å². The van der Waals surface area contributed by atoms with Crippen LogP contribution in [0.2, 0.25) is 0 Å². The number of nitrogens with one attached hydrogen (secondary N) is 1. The molecule has 1 amide bonds. The first kappa shape index (κ1) is 9.71. The van der Waals surface area contributed by atoms with Gasteiger partial charge in [0.15, 0.2) is 0 Å². The van der Waals surface area contributed by atoms with E-state index in [1.54, 1.807) is 0 Å². The van der Waals surface area contributed by atoms with Crippen molar-refractivity contribution in [1.29, 1.82) is 0 Å². The maximum absolute atomic E-state index is 11.5. The standard InChI is InChI=1S/C11H12BrNO/c1-7-4-9(12)6-10(5-7)13-11(14)8-2-3-8/h4-6,8H,2-3H2,1H3,(H,13,14). The Labute approximate surface area is 91.8 Å². The first-order valence-corrected chi connectivity index (χ1v) is 5.52. The number of carbonyl (C=O) groups excluding carboxylic acids is 1. The average molecular weight is 254 g/mol. The highest BCUT2D eigenvalue weighted by Gasteiger charge is 2.29. The molecule has 1 aliphatic rings. The molecule has 1 saturated carbocycles. The third kappa shape index (κ3) is 2.35. The van der Waals surface area contributed by atoms with Crippen molar-refractivity contribution in [3.8, 4) is 0 Å². The summed E-state index contributed by atoms with van der Waals surface area (Å²) < 4.78 is 1.00. The van der Waals surface area contributed by atoms with E-state index in [-0.39, 0.29) is 11.8 Å². The van der Waals surface area contributed by atoms with E-state index in [0.717, 1.165) is 28.6 Å². The van der Waals surface area contributed by atoms with Crippen molar-refractivity contribution in [1.82, 2.24) is 0 Å². The molecule has 0 saturated heterocycles. The summed E-state index contributed by atoms with van der Waals surface area (Å²) in [7, 11) is 0. The highest BCUT2D eigenvalue weighted by Crippen LogP contribution is 2.30. The first-order chi connectivity index (χ1) is 6.65. The first-order valence-electron chi connectivity index (χ1n) is 4.73. The van der Waals surface area contributed by atoms with Crippen molar-refractivity contribution in [2.75, 3.05) is 5.32 Å². The van der Waals surface area contributed by atoms with E-state index >= 15 is 0 Å². The molecule has 0 aliphatic heterocycles. The van der Waals surface area contributed by atoms with Crippen molar-refractivity contribution in [2.45, 2.75) is 19.8 Å². The Morgan fingerprint density at radius 3 is 2.71 bits per heavy atom. The van der Waals surface area contributed by atoms with E-state index in [4.69, 9.17) is 0 Å². The normalized spacial score (nSPS) is 15.3. The van der Waals surface area contributed by atoms with Gasteiger partial charge in [-0.3, -0.25) is 4.79 Å². The maximum atomic E-state index is 11.5. The van der Waals surface area contributed by atoms with Gasteiger partial charge in [0.2, 0.25) is 5.91 Å². The number of carbonyl (C=O) groups is 1. The van der Waals surface area contributed by atoms with E-state index in [1.807, 2.05) is 25.1 Å². The molecular weight excluding hydrogens is 242 g/mol. The van der Waals surface area contributed by atoms with Gasteiger partial charge in [-0.25, -0.2) is 0 Å². The van der Waals surface area contributed by atoms with Gasteiger partial charge in [0.25, 0.3) is 0 Å². The topological polar surface area (TPSA) is 29.1 Å². The van der Waals surface area contributed by atoms with Crippen LogP contribution in [0.5, 0.6) is 0 Å². The number of hydrogen-bond acceptors (Lipinski definition) is 1. The second-order valence-electron chi connectivity index (χ2n) is 3.78. The summed E-state index contributed by atoms with van der Waals surface area (Å²) in [5.41, 5.74) is 2.03. The predicted octanol–water partition coefficient (Wildman–Crippen LogP) is 3.11. The zero-order valence-corrected chi connectivity index (χ0v) is 9.60. The lowest BCUT2D eigenvalue weighted by Crippen LogP contribution is -2.13. The molecule has 0 spiro atoms. The summed E-state index contributed by atoms with van der Waals surface area (Å²) in [6.07, 6.45) is 2.08. The molecule has 0 aromatic heterocycles. The van der Waals surface area contributed by atoms with Crippen molar-refractivity contribution in [3.63, 3.8) is 0 Å². The summed E-state index contributed by atoms with van der Waals surface area (Å²) in [4.78, 5) is 11.5. The highest BCUT2D eigenvalue weighted by molar-refractivity contribution is 9.10. The monoisotopic (exact) mass is 253 g/mol. The number of halogens is 1. The Balaban J connectivity index is 2.11. The Morgan fingerprint density at radius 1 is 1.43 bits per heavy atom. The number of amides is 1. The third-order valence-corrected chi connectivity index (χ3v) is 2.72. The molecule has 0 unspecified atom stereocenters. The second-order valence-corrected chi connectivity index (χ2v) is 4.70. The molecule has 1 fully saturated rings. The van der Waals surface area contributed by atoms with Gasteiger partial charge < -0.3 is 5.32 Å². The summed E-state index contributed by atoms with van der Waals surface area (Å²) in [5, 5.41) is 2.92. The minimum absolute atomic E-state index is 0.155. The van der Waals surface area contributed by atoms with Gasteiger partial charge >= 0.3 is 0 Å². The number of benzene rings is 1. The average Bonchev–Trinajstić information content (AvgIpc) is 2.82. The molecular formula is C11H12BrNO. The molecule has 14 heavy (non-hydrogen) atoms. The van der Waals surface area contributed by atoms with Crippen molar-refractivity contribution < 1.29 is 4.79 Å². The molecule has 2 rings (SSSR count). The van der Waals surface area contributed by atoms with E-state index in [9.17, 15) is 4.79 Å². The molecule has 1 aromatic carbocycles. The Kier molecular flexibility index (Phi) is 2.59.